The summed E-state index contributed by atoms with van der Waals surface area (Å²) in [4.78, 5) is 47.9. The normalized spacial score (nSPS) is 18.8. The lowest BCUT2D eigenvalue weighted by Gasteiger charge is -2.29. The van der Waals surface area contributed by atoms with Gasteiger partial charge < -0.3 is 14.4 Å². The first-order valence-corrected chi connectivity index (χ1v) is 9.50. The lowest BCUT2D eigenvalue weighted by molar-refractivity contribution is -0.137. The molecule has 1 unspecified atom stereocenters. The molecule has 1 atom stereocenters. The molecule has 0 spiro atoms. The fraction of sp³-hybridized carbons (Fsp3) is 0.500. The van der Waals surface area contributed by atoms with Crippen molar-refractivity contribution in [3.8, 4) is 0 Å². The molecule has 1 aromatic rings. The highest BCUT2D eigenvalue weighted by Crippen LogP contribution is 2.30. The van der Waals surface area contributed by atoms with Crippen LogP contribution >= 0.6 is 0 Å². The summed E-state index contributed by atoms with van der Waals surface area (Å²) in [5, 5.41) is 2.32. The van der Waals surface area contributed by atoms with Gasteiger partial charge in [0.1, 0.15) is 6.04 Å². The molecule has 2 aliphatic rings. The zero-order valence-corrected chi connectivity index (χ0v) is 15.6. The summed E-state index contributed by atoms with van der Waals surface area (Å²) < 4.78 is 10.1. The summed E-state index contributed by atoms with van der Waals surface area (Å²) in [5.41, 5.74) is 2.67. The molecule has 0 bridgehead atoms. The van der Waals surface area contributed by atoms with Crippen LogP contribution in [0, 0.1) is 0 Å². The van der Waals surface area contributed by atoms with Crippen molar-refractivity contribution in [2.45, 2.75) is 44.7 Å². The monoisotopic (exact) mass is 388 g/mol. The molecule has 28 heavy (non-hydrogen) atoms. The second kappa shape index (κ2) is 9.45. The average molecular weight is 388 g/mol. The second-order valence-corrected chi connectivity index (χ2v) is 6.88. The molecule has 8 nitrogen and oxygen atoms in total. The van der Waals surface area contributed by atoms with Crippen molar-refractivity contribution in [2.75, 3.05) is 19.8 Å². The number of carbonyl (C=O) groups is 4. The zero-order valence-electron chi connectivity index (χ0n) is 15.6. The molecule has 2 aliphatic heterocycles. The quantitative estimate of drug-likeness (QED) is 0.364. The first kappa shape index (κ1) is 20.0. The minimum atomic E-state index is -0.595. The summed E-state index contributed by atoms with van der Waals surface area (Å²) >= 11 is 0. The summed E-state index contributed by atoms with van der Waals surface area (Å²) in [7, 11) is 0. The van der Waals surface area contributed by atoms with Gasteiger partial charge in [-0.15, -0.1) is 0 Å². The predicted octanol–water partition coefficient (Wildman–Crippen LogP) is 0.960. The second-order valence-electron chi connectivity index (χ2n) is 6.88. The van der Waals surface area contributed by atoms with Crippen LogP contribution in [0.1, 0.15) is 47.2 Å². The van der Waals surface area contributed by atoms with E-state index < -0.39 is 11.9 Å². The van der Waals surface area contributed by atoms with Crippen LogP contribution in [0.15, 0.2) is 18.2 Å². The van der Waals surface area contributed by atoms with Gasteiger partial charge in [0, 0.05) is 38.2 Å². The summed E-state index contributed by atoms with van der Waals surface area (Å²) in [6.45, 7) is 2.28. The molecular formula is C20H24N2O6. The lowest BCUT2D eigenvalue weighted by atomic mass is 10.00. The Balaban J connectivity index is 1.54. The van der Waals surface area contributed by atoms with Gasteiger partial charge in [0.15, 0.2) is 0 Å². The third kappa shape index (κ3) is 4.56. The molecule has 3 rings (SSSR count). The van der Waals surface area contributed by atoms with Crippen molar-refractivity contribution in [2.24, 2.45) is 0 Å². The molecule has 1 fully saturated rings. The Kier molecular flexibility index (Phi) is 6.76. The number of benzene rings is 1. The van der Waals surface area contributed by atoms with Crippen molar-refractivity contribution in [1.82, 2.24) is 10.2 Å². The Morgan fingerprint density at radius 1 is 1.14 bits per heavy atom. The Bertz CT molecular complexity index is 763. The number of hydrogen-bond acceptors (Lipinski definition) is 6. The first-order valence-electron chi connectivity index (χ1n) is 9.50. The number of piperidine rings is 1. The number of carbonyl (C=O) groups excluding carboxylic acids is 4. The maximum absolute atomic E-state index is 12.8. The van der Waals surface area contributed by atoms with E-state index in [4.69, 9.17) is 4.74 Å². The van der Waals surface area contributed by atoms with Crippen LogP contribution in [0.2, 0.25) is 0 Å². The molecule has 3 amide bonds. The molecule has 0 radical (unpaired) electrons. The van der Waals surface area contributed by atoms with E-state index >= 15 is 0 Å². The number of aryl methyl sites for hydroxylation is 1. The van der Waals surface area contributed by atoms with Gasteiger partial charge in [-0.3, -0.25) is 24.5 Å². The van der Waals surface area contributed by atoms with Crippen LogP contribution in [0.25, 0.3) is 0 Å². The van der Waals surface area contributed by atoms with Gasteiger partial charge in [0.2, 0.25) is 11.8 Å². The van der Waals surface area contributed by atoms with Gasteiger partial charge in [0.25, 0.3) is 12.4 Å². The third-order valence-electron chi connectivity index (χ3n) is 5.03. The highest BCUT2D eigenvalue weighted by molar-refractivity contribution is 6.05. The number of fused-ring (bicyclic) bond motifs is 1. The molecule has 0 saturated carbocycles. The van der Waals surface area contributed by atoms with Gasteiger partial charge in [-0.05, 0) is 36.5 Å². The van der Waals surface area contributed by atoms with Gasteiger partial charge in [-0.1, -0.05) is 12.1 Å². The largest absolute Gasteiger partial charge is 0.468 e. The molecule has 1 N–H and O–H groups in total. The molecule has 1 saturated heterocycles. The number of amides is 3. The van der Waals surface area contributed by atoms with E-state index in [9.17, 15) is 19.2 Å². The van der Waals surface area contributed by atoms with Crippen molar-refractivity contribution < 1.29 is 28.7 Å². The molecular weight excluding hydrogens is 364 g/mol. The topological polar surface area (TPSA) is 102 Å². The number of imide groups is 1. The van der Waals surface area contributed by atoms with Crippen molar-refractivity contribution in [3.63, 3.8) is 0 Å². The number of nitrogens with one attached hydrogen (secondary N) is 1. The summed E-state index contributed by atoms with van der Waals surface area (Å²) in [5.74, 6) is -0.840. The molecule has 8 heteroatoms. The summed E-state index contributed by atoms with van der Waals surface area (Å²) in [6, 6.07) is 5.05. The van der Waals surface area contributed by atoms with Crippen LogP contribution in [0.3, 0.4) is 0 Å². The molecule has 150 valence electrons. The van der Waals surface area contributed by atoms with E-state index in [-0.39, 0.29) is 18.2 Å². The van der Waals surface area contributed by atoms with Gasteiger partial charge >= 0.3 is 0 Å². The Morgan fingerprint density at radius 2 is 1.96 bits per heavy atom. The Morgan fingerprint density at radius 3 is 2.75 bits per heavy atom. The van der Waals surface area contributed by atoms with E-state index in [1.54, 1.807) is 11.0 Å². The highest BCUT2D eigenvalue weighted by Gasteiger charge is 2.39. The number of rotatable bonds is 10. The highest BCUT2D eigenvalue weighted by atomic mass is 16.5. The van der Waals surface area contributed by atoms with Gasteiger partial charge in [-0.2, -0.15) is 0 Å². The van der Waals surface area contributed by atoms with Crippen molar-refractivity contribution >= 4 is 24.2 Å². The van der Waals surface area contributed by atoms with Gasteiger partial charge in [-0.25, -0.2) is 0 Å². The van der Waals surface area contributed by atoms with Crippen LogP contribution < -0.4 is 5.32 Å². The van der Waals surface area contributed by atoms with Crippen LogP contribution in [0.5, 0.6) is 0 Å². The van der Waals surface area contributed by atoms with Crippen LogP contribution in [-0.4, -0.2) is 55.0 Å². The predicted molar refractivity (Wildman–Crippen MR) is 98.3 cm³/mol. The van der Waals surface area contributed by atoms with E-state index in [1.807, 2.05) is 12.1 Å². The number of hydrogen-bond donors (Lipinski definition) is 1. The molecule has 2 heterocycles. The maximum Gasteiger partial charge on any atom is 0.293 e. The van der Waals surface area contributed by atoms with E-state index in [2.05, 4.69) is 10.1 Å². The fourth-order valence-corrected chi connectivity index (χ4v) is 3.64. The fourth-order valence-electron chi connectivity index (χ4n) is 3.64. The Hall–Kier alpha value is -2.74. The van der Waals surface area contributed by atoms with E-state index in [0.29, 0.717) is 51.2 Å². The first-order chi connectivity index (χ1) is 13.6. The smallest absolute Gasteiger partial charge is 0.293 e. The minimum Gasteiger partial charge on any atom is -0.468 e. The van der Waals surface area contributed by atoms with Crippen LogP contribution in [0.4, 0.5) is 0 Å². The third-order valence-corrected chi connectivity index (χ3v) is 5.03. The average Bonchev–Trinajstić information content (AvgIpc) is 3.01. The SMILES string of the molecule is O=COCCCOCCCc1cccc2c1CN(C1CCC(=O)NC1=O)C2=O. The number of nitrogens with zero attached hydrogens (tertiary/aromatic N) is 1. The zero-order chi connectivity index (χ0) is 19.9. The van der Waals surface area contributed by atoms with Crippen molar-refractivity contribution in [1.29, 1.82) is 0 Å². The maximum atomic E-state index is 12.8. The van der Waals surface area contributed by atoms with Crippen LogP contribution in [-0.2, 0) is 36.8 Å². The van der Waals surface area contributed by atoms with E-state index in [0.717, 1.165) is 24.0 Å². The van der Waals surface area contributed by atoms with Crippen molar-refractivity contribution in [3.05, 3.63) is 34.9 Å². The van der Waals surface area contributed by atoms with Gasteiger partial charge in [0.05, 0.1) is 6.61 Å². The molecule has 0 aromatic heterocycles. The standard InChI is InChI=1S/C20H24N2O6/c23-13-28-11-3-10-27-9-2-5-14-4-1-6-15-16(14)12-22(20(15)26)17-7-8-18(24)21-19(17)25/h1,4,6,13,17H,2-3,5,7-12H2,(H,21,24,25). The molecule has 1 aromatic carbocycles. The molecule has 0 aliphatic carbocycles. The number of ether oxygens (including phenoxy) is 2. The summed E-state index contributed by atoms with van der Waals surface area (Å²) in [6.07, 6.45) is 2.84. The van der Waals surface area contributed by atoms with E-state index in [1.165, 1.54) is 0 Å². The minimum absolute atomic E-state index is 0.155. The Labute approximate surface area is 163 Å². The lowest BCUT2D eigenvalue weighted by Crippen LogP contribution is -2.52.